The summed E-state index contributed by atoms with van der Waals surface area (Å²) in [4.78, 5) is 33.0. The maximum absolute atomic E-state index is 15.4. The van der Waals surface area contributed by atoms with Crippen molar-refractivity contribution in [3.63, 3.8) is 0 Å². The Kier molecular flexibility index (Phi) is 12.7. The van der Waals surface area contributed by atoms with Crippen LogP contribution in [0.2, 0.25) is 0 Å². The van der Waals surface area contributed by atoms with Crippen molar-refractivity contribution in [2.24, 2.45) is 0 Å². The molecule has 0 unspecified atom stereocenters. The molecule has 0 atom stereocenters. The van der Waals surface area contributed by atoms with E-state index in [2.05, 4.69) is 255 Å². The minimum atomic E-state index is 0.0293. The predicted molar refractivity (Wildman–Crippen MR) is 331 cm³/mol. The molecule has 0 bridgehead atoms. The van der Waals surface area contributed by atoms with Crippen molar-refractivity contribution < 1.29 is 9.59 Å². The van der Waals surface area contributed by atoms with Crippen molar-refractivity contribution in [2.45, 2.75) is 108 Å². The topological polar surface area (TPSA) is 34.1 Å². The van der Waals surface area contributed by atoms with Gasteiger partial charge < -0.3 is 0 Å². The molecule has 0 aliphatic heterocycles. The molecule has 1 heterocycles. The lowest BCUT2D eigenvalue weighted by Crippen LogP contribution is -2.12. The molecule has 0 aliphatic rings. The second kappa shape index (κ2) is 19.1. The fourth-order valence-electron chi connectivity index (χ4n) is 12.7. The summed E-state index contributed by atoms with van der Waals surface area (Å²) in [7, 11) is 0. The van der Waals surface area contributed by atoms with Crippen LogP contribution in [0, 0.1) is 55.4 Å². The number of rotatable bonds is 8. The summed E-state index contributed by atoms with van der Waals surface area (Å²) < 4.78 is 0. The molecule has 0 saturated heterocycles. The van der Waals surface area contributed by atoms with E-state index >= 15 is 9.59 Å². The van der Waals surface area contributed by atoms with Crippen LogP contribution in [-0.4, -0.2) is 11.6 Å². The molecule has 0 amide bonds. The minimum absolute atomic E-state index is 0.0293. The second-order valence-electron chi connectivity index (χ2n) is 23.9. The van der Waals surface area contributed by atoms with Crippen molar-refractivity contribution in [3.8, 4) is 43.1 Å². The van der Waals surface area contributed by atoms with Gasteiger partial charge >= 0.3 is 0 Å². The van der Waals surface area contributed by atoms with E-state index in [1.165, 1.54) is 55.6 Å². The molecule has 382 valence electrons. The lowest BCUT2D eigenvalue weighted by Gasteiger charge is -2.24. The van der Waals surface area contributed by atoms with Crippen molar-refractivity contribution in [1.29, 1.82) is 0 Å². The highest BCUT2D eigenvalue weighted by Gasteiger charge is 2.28. The zero-order chi connectivity index (χ0) is 54.6. The molecule has 3 heteroatoms. The van der Waals surface area contributed by atoms with E-state index in [-0.39, 0.29) is 22.4 Å². The fraction of sp³-hybridized carbons (Fsp3) is 0.216. The number of carbonyl (C=O) groups excluding carboxylic acids is 2. The van der Waals surface area contributed by atoms with E-state index in [4.69, 9.17) is 0 Å². The number of carbonyl (C=O) groups is 2. The number of aryl methyl sites for hydroxylation is 8. The van der Waals surface area contributed by atoms with Crippen LogP contribution in [0.15, 0.2) is 158 Å². The number of ketones is 2. The molecule has 2 nitrogen and oxygen atoms in total. The Balaban J connectivity index is 0.944. The normalized spacial score (nSPS) is 12.1. The molecule has 11 rings (SSSR count). The third-order valence-corrected chi connectivity index (χ3v) is 17.5. The monoisotopic (exact) mass is 1020 g/mol. The van der Waals surface area contributed by atoms with Gasteiger partial charge in [0, 0.05) is 32.0 Å². The molecule has 0 fully saturated rings. The van der Waals surface area contributed by atoms with Crippen LogP contribution in [0.3, 0.4) is 0 Å². The Morgan fingerprint density at radius 2 is 0.545 bits per heavy atom. The zero-order valence-corrected chi connectivity index (χ0v) is 48.1. The van der Waals surface area contributed by atoms with Crippen molar-refractivity contribution >= 4 is 66.0 Å². The van der Waals surface area contributed by atoms with Crippen LogP contribution >= 0.6 is 11.3 Å². The van der Waals surface area contributed by atoms with Gasteiger partial charge in [0.15, 0.2) is 11.6 Å². The van der Waals surface area contributed by atoms with E-state index in [9.17, 15) is 0 Å². The van der Waals surface area contributed by atoms with Gasteiger partial charge in [-0.15, -0.1) is 11.3 Å². The van der Waals surface area contributed by atoms with E-state index in [0.29, 0.717) is 0 Å². The van der Waals surface area contributed by atoms with Gasteiger partial charge in [0.25, 0.3) is 0 Å². The summed E-state index contributed by atoms with van der Waals surface area (Å²) >= 11 is 1.74. The SMILES string of the molecule is Cc1cc(-c2ccc(-c3cc(C)c(C(=O)c4c5ccccc5c(-c5c(C)cc(C(C)(C)C)cc5C)c5ccccc45)c(C)c3)s2)cc(C)c1C(=O)c1c2ccccc2c(-c2c(C)cc(C(C)(C)C)cc2C)c2ccccc12. The third kappa shape index (κ3) is 8.74. The molecule has 0 N–H and O–H groups in total. The number of hydrogen-bond acceptors (Lipinski definition) is 3. The van der Waals surface area contributed by atoms with Crippen LogP contribution in [-0.2, 0) is 10.8 Å². The summed E-state index contributed by atoms with van der Waals surface area (Å²) in [5.41, 5.74) is 21.5. The predicted octanol–water partition coefficient (Wildman–Crippen LogP) is 20.6. The minimum Gasteiger partial charge on any atom is -0.289 e. The highest BCUT2D eigenvalue weighted by atomic mass is 32.1. The smallest absolute Gasteiger partial charge is 0.194 e. The standard InChI is InChI=1S/C74H68O2S/c1-41-33-49(34-42(2)65(41)71(75)69-57-27-19-15-23-53(57)67(54-24-16-20-28-58(54)69)63-45(5)37-51(38-46(63)6)73(9,10)11)61-31-32-62(77-61)50-35-43(3)66(44(4)36-50)72(76)70-59-29-21-17-25-55(59)68(56-26-18-22-30-60(56)70)64-47(7)39-52(40-48(64)8)74(12,13)14/h15-40H,1-14H3. The second-order valence-corrected chi connectivity index (χ2v) is 25.0. The molecule has 0 saturated carbocycles. The molecule has 0 spiro atoms. The molecular weight excluding hydrogens is 953 g/mol. The number of hydrogen-bond donors (Lipinski definition) is 0. The molecule has 0 aliphatic carbocycles. The largest absolute Gasteiger partial charge is 0.289 e. The van der Waals surface area contributed by atoms with Gasteiger partial charge in [-0.05, 0) is 235 Å². The molecular formula is C74H68O2S. The molecule has 77 heavy (non-hydrogen) atoms. The van der Waals surface area contributed by atoms with Crippen molar-refractivity contribution in [2.75, 3.05) is 0 Å². The van der Waals surface area contributed by atoms with Crippen LogP contribution in [0.5, 0.6) is 0 Å². The van der Waals surface area contributed by atoms with E-state index in [1.54, 1.807) is 11.3 Å². The highest BCUT2D eigenvalue weighted by Crippen LogP contribution is 2.47. The Morgan fingerprint density at radius 1 is 0.299 bits per heavy atom. The molecule has 10 aromatic carbocycles. The Labute approximate surface area is 459 Å². The van der Waals surface area contributed by atoms with Gasteiger partial charge in [-0.1, -0.05) is 163 Å². The molecule has 11 aromatic rings. The lowest BCUT2D eigenvalue weighted by atomic mass is 9.79. The number of thiophene rings is 1. The Hall–Kier alpha value is -7.72. The summed E-state index contributed by atoms with van der Waals surface area (Å²) in [5, 5.41) is 8.23. The molecule has 0 radical (unpaired) electrons. The first-order chi connectivity index (χ1) is 36.6. The Bertz CT molecular complexity index is 3810. The van der Waals surface area contributed by atoms with Gasteiger partial charge in [0.1, 0.15) is 0 Å². The zero-order valence-electron chi connectivity index (χ0n) is 47.2. The lowest BCUT2D eigenvalue weighted by molar-refractivity contribution is 0.103. The van der Waals surface area contributed by atoms with Crippen LogP contribution in [0.25, 0.3) is 86.2 Å². The van der Waals surface area contributed by atoms with Crippen LogP contribution < -0.4 is 0 Å². The first kappa shape index (κ1) is 51.4. The van der Waals surface area contributed by atoms with E-state index < -0.39 is 0 Å². The highest BCUT2D eigenvalue weighted by molar-refractivity contribution is 7.18. The first-order valence-electron chi connectivity index (χ1n) is 27.2. The summed E-state index contributed by atoms with van der Waals surface area (Å²) in [5.74, 6) is 0.0880. The van der Waals surface area contributed by atoms with Gasteiger partial charge in [0.2, 0.25) is 0 Å². The summed E-state index contributed by atoms with van der Waals surface area (Å²) in [6.45, 7) is 30.8. The van der Waals surface area contributed by atoms with Gasteiger partial charge in [0.05, 0.1) is 0 Å². The summed E-state index contributed by atoms with van der Waals surface area (Å²) in [6.07, 6.45) is 0. The van der Waals surface area contributed by atoms with Gasteiger partial charge in [-0.3, -0.25) is 9.59 Å². The maximum Gasteiger partial charge on any atom is 0.194 e. The number of benzene rings is 10. The first-order valence-corrected chi connectivity index (χ1v) is 28.0. The van der Waals surface area contributed by atoms with Crippen LogP contribution in [0.1, 0.15) is 129 Å². The molecule has 1 aromatic heterocycles. The van der Waals surface area contributed by atoms with Gasteiger partial charge in [-0.2, -0.15) is 0 Å². The van der Waals surface area contributed by atoms with Crippen molar-refractivity contribution in [3.05, 3.63) is 236 Å². The summed E-state index contributed by atoms with van der Waals surface area (Å²) in [6, 6.07) is 56.3. The third-order valence-electron chi connectivity index (χ3n) is 16.3. The van der Waals surface area contributed by atoms with Crippen LogP contribution in [0.4, 0.5) is 0 Å². The Morgan fingerprint density at radius 3 is 0.792 bits per heavy atom. The van der Waals surface area contributed by atoms with E-state index in [1.807, 2.05) is 0 Å². The fourth-order valence-corrected chi connectivity index (χ4v) is 13.7. The average Bonchev–Trinajstić information content (AvgIpc) is 3.88. The van der Waals surface area contributed by atoms with Crippen molar-refractivity contribution in [1.82, 2.24) is 0 Å². The number of fused-ring (bicyclic) bond motifs is 4. The van der Waals surface area contributed by atoms with E-state index in [0.717, 1.165) is 108 Å². The average molecular weight is 1020 g/mol. The quantitative estimate of drug-likeness (QED) is 0.112. The van der Waals surface area contributed by atoms with Gasteiger partial charge in [-0.25, -0.2) is 0 Å². The maximum atomic E-state index is 15.4.